The number of rotatable bonds is 6. The van der Waals surface area contributed by atoms with E-state index >= 15 is 0 Å². The van der Waals surface area contributed by atoms with Crippen LogP contribution in [-0.4, -0.2) is 26.2 Å². The maximum atomic E-state index is 6.67. The van der Waals surface area contributed by atoms with Crippen molar-refractivity contribution >= 4 is 44.8 Å². The molecule has 0 radical (unpaired) electrons. The van der Waals surface area contributed by atoms with Crippen LogP contribution in [0.3, 0.4) is 0 Å². The summed E-state index contributed by atoms with van der Waals surface area (Å²) in [4.78, 5) is 19.1. The molecule has 0 atom stereocenters. The molecule has 7 nitrogen and oxygen atoms in total. The molecule has 55 heavy (non-hydrogen) atoms. The van der Waals surface area contributed by atoms with Gasteiger partial charge in [-0.05, 0) is 76.1 Å². The summed E-state index contributed by atoms with van der Waals surface area (Å²) < 4.78 is 8.92. The molecule has 3 aromatic heterocycles. The Morgan fingerprint density at radius 3 is 2.00 bits per heavy atom. The molecule has 0 bridgehead atoms. The Hall–Kier alpha value is -6.47. The van der Waals surface area contributed by atoms with E-state index in [2.05, 4.69) is 171 Å². The van der Waals surface area contributed by atoms with Crippen LogP contribution in [0.2, 0.25) is 0 Å². The standard InChI is InChI=1S/C48H44N6O/c1-47(2,3)33-19-21-38(32-13-8-7-9-14-32)42(27-33)53-31-52(45-46(53)51-26-25-50-45)35-15-12-16-36(29-35)55-37-20-22-40-39-17-10-11-18-41(39)54(43(40)30-37)44-28-34(23-24-49-44)48(4,5)6/h7-30H,31H2,1-6H3. The van der Waals surface area contributed by atoms with E-state index in [-0.39, 0.29) is 10.8 Å². The van der Waals surface area contributed by atoms with Gasteiger partial charge in [0.15, 0.2) is 11.6 Å². The number of anilines is 4. The van der Waals surface area contributed by atoms with Crippen molar-refractivity contribution in [3.05, 3.63) is 157 Å². The molecule has 0 unspecified atom stereocenters. The van der Waals surface area contributed by atoms with E-state index in [0.29, 0.717) is 6.67 Å². The third-order valence-corrected chi connectivity index (χ3v) is 10.5. The Balaban J connectivity index is 1.09. The van der Waals surface area contributed by atoms with Gasteiger partial charge in [-0.2, -0.15) is 0 Å². The maximum absolute atomic E-state index is 6.67. The number of fused-ring (bicyclic) bond motifs is 4. The smallest absolute Gasteiger partial charge is 0.178 e. The number of benzene rings is 5. The zero-order valence-electron chi connectivity index (χ0n) is 32.2. The Morgan fingerprint density at radius 1 is 0.527 bits per heavy atom. The largest absolute Gasteiger partial charge is 0.457 e. The first-order valence-electron chi connectivity index (χ1n) is 18.9. The predicted molar refractivity (Wildman–Crippen MR) is 226 cm³/mol. The average molecular weight is 721 g/mol. The van der Waals surface area contributed by atoms with Gasteiger partial charge in [-0.15, -0.1) is 0 Å². The lowest BCUT2D eigenvalue weighted by Crippen LogP contribution is -2.25. The summed E-state index contributed by atoms with van der Waals surface area (Å²) in [6.07, 6.45) is 5.45. The van der Waals surface area contributed by atoms with Crippen molar-refractivity contribution in [1.82, 2.24) is 19.5 Å². The number of pyridine rings is 1. The fourth-order valence-electron chi connectivity index (χ4n) is 7.58. The first kappa shape index (κ1) is 34.3. The van der Waals surface area contributed by atoms with E-state index in [0.717, 1.165) is 67.9 Å². The van der Waals surface area contributed by atoms with Crippen molar-refractivity contribution in [2.45, 2.75) is 52.4 Å². The fourth-order valence-corrected chi connectivity index (χ4v) is 7.58. The van der Waals surface area contributed by atoms with Crippen molar-refractivity contribution in [3.63, 3.8) is 0 Å². The molecule has 1 aliphatic rings. The van der Waals surface area contributed by atoms with Crippen molar-refractivity contribution in [2.24, 2.45) is 0 Å². The quantitative estimate of drug-likeness (QED) is 0.170. The molecule has 0 fully saturated rings. The van der Waals surface area contributed by atoms with E-state index < -0.39 is 0 Å². The van der Waals surface area contributed by atoms with Gasteiger partial charge in [-0.1, -0.05) is 108 Å². The molecule has 272 valence electrons. The highest BCUT2D eigenvalue weighted by Crippen LogP contribution is 2.46. The highest BCUT2D eigenvalue weighted by atomic mass is 16.5. The molecule has 8 aromatic rings. The summed E-state index contributed by atoms with van der Waals surface area (Å²) in [7, 11) is 0. The van der Waals surface area contributed by atoms with Gasteiger partial charge in [0.25, 0.3) is 0 Å². The lowest BCUT2D eigenvalue weighted by atomic mass is 9.85. The summed E-state index contributed by atoms with van der Waals surface area (Å²) in [5, 5.41) is 2.33. The van der Waals surface area contributed by atoms with E-state index in [9.17, 15) is 0 Å². The number of para-hydroxylation sites is 1. The second-order valence-electron chi connectivity index (χ2n) is 16.3. The monoisotopic (exact) mass is 720 g/mol. The second-order valence-corrected chi connectivity index (χ2v) is 16.3. The molecular formula is C48H44N6O. The van der Waals surface area contributed by atoms with Crippen molar-refractivity contribution < 1.29 is 4.74 Å². The van der Waals surface area contributed by atoms with Crippen molar-refractivity contribution in [2.75, 3.05) is 16.5 Å². The van der Waals surface area contributed by atoms with E-state index in [4.69, 9.17) is 19.7 Å². The molecule has 7 heteroatoms. The maximum Gasteiger partial charge on any atom is 0.178 e. The molecule has 0 amide bonds. The molecular weight excluding hydrogens is 677 g/mol. The Kier molecular flexibility index (Phi) is 8.19. The van der Waals surface area contributed by atoms with Gasteiger partial charge >= 0.3 is 0 Å². The summed E-state index contributed by atoms with van der Waals surface area (Å²) in [6, 6.07) is 44.7. The molecule has 4 heterocycles. The van der Waals surface area contributed by atoms with Gasteiger partial charge in [0, 0.05) is 52.7 Å². The number of ether oxygens (including phenoxy) is 1. The highest BCUT2D eigenvalue weighted by Gasteiger charge is 2.33. The lowest BCUT2D eigenvalue weighted by molar-refractivity contribution is 0.483. The van der Waals surface area contributed by atoms with Gasteiger partial charge in [0.2, 0.25) is 0 Å². The van der Waals surface area contributed by atoms with Crippen LogP contribution in [0.1, 0.15) is 52.7 Å². The van der Waals surface area contributed by atoms with Crippen LogP contribution < -0.4 is 14.5 Å². The molecule has 0 aliphatic carbocycles. The first-order chi connectivity index (χ1) is 26.5. The molecule has 0 saturated carbocycles. The molecule has 0 saturated heterocycles. The van der Waals surface area contributed by atoms with Crippen molar-refractivity contribution in [1.29, 1.82) is 0 Å². The minimum absolute atomic E-state index is 0.00511. The summed E-state index contributed by atoms with van der Waals surface area (Å²) >= 11 is 0. The molecule has 1 aliphatic heterocycles. The number of aromatic nitrogens is 4. The van der Waals surface area contributed by atoms with Gasteiger partial charge < -0.3 is 14.5 Å². The predicted octanol–water partition coefficient (Wildman–Crippen LogP) is 12.3. The zero-order chi connectivity index (χ0) is 37.9. The third kappa shape index (κ3) is 6.25. The minimum atomic E-state index is -0.0232. The van der Waals surface area contributed by atoms with Crippen LogP contribution >= 0.6 is 0 Å². The van der Waals surface area contributed by atoms with E-state index in [1.807, 2.05) is 18.3 Å². The van der Waals surface area contributed by atoms with Crippen LogP contribution in [-0.2, 0) is 10.8 Å². The van der Waals surface area contributed by atoms with E-state index in [1.165, 1.54) is 16.5 Å². The van der Waals surface area contributed by atoms with Gasteiger partial charge in [-0.25, -0.2) is 15.0 Å². The van der Waals surface area contributed by atoms with Crippen LogP contribution in [0, 0.1) is 0 Å². The molecule has 5 aromatic carbocycles. The third-order valence-electron chi connectivity index (χ3n) is 10.5. The number of nitrogens with zero attached hydrogens (tertiary/aromatic N) is 6. The SMILES string of the molecule is CC(C)(C)c1ccnc(-n2c3ccccc3c3ccc(Oc4cccc(N5CN(c6cc(C(C)(C)C)ccc6-c6ccccc6)c6nccnc65)c4)cc32)c1. The Bertz CT molecular complexity index is 2700. The van der Waals surface area contributed by atoms with Crippen LogP contribution in [0.5, 0.6) is 11.5 Å². The summed E-state index contributed by atoms with van der Waals surface area (Å²) in [5.41, 5.74) is 8.99. The van der Waals surface area contributed by atoms with Gasteiger partial charge in [0.05, 0.1) is 16.7 Å². The van der Waals surface area contributed by atoms with E-state index in [1.54, 1.807) is 12.4 Å². The number of hydrogen-bond donors (Lipinski definition) is 0. The van der Waals surface area contributed by atoms with Crippen molar-refractivity contribution in [3.8, 4) is 28.4 Å². The number of hydrogen-bond acceptors (Lipinski definition) is 6. The Labute approximate surface area is 322 Å². The fraction of sp³-hybridized carbons (Fsp3) is 0.188. The topological polar surface area (TPSA) is 59.3 Å². The molecule has 0 N–H and O–H groups in total. The summed E-state index contributed by atoms with van der Waals surface area (Å²) in [6.45, 7) is 14.0. The normalized spacial score (nSPS) is 13.1. The second kappa shape index (κ2) is 13.1. The highest BCUT2D eigenvalue weighted by molar-refractivity contribution is 6.09. The lowest BCUT2D eigenvalue weighted by Gasteiger charge is -2.27. The molecule has 9 rings (SSSR count). The van der Waals surface area contributed by atoms with Crippen LogP contribution in [0.25, 0.3) is 38.8 Å². The molecule has 0 spiro atoms. The zero-order valence-corrected chi connectivity index (χ0v) is 32.2. The summed E-state index contributed by atoms with van der Waals surface area (Å²) in [5.74, 6) is 3.99. The first-order valence-corrected chi connectivity index (χ1v) is 18.9. The van der Waals surface area contributed by atoms with Crippen LogP contribution in [0.15, 0.2) is 146 Å². The van der Waals surface area contributed by atoms with Gasteiger partial charge in [0.1, 0.15) is 24.0 Å². The van der Waals surface area contributed by atoms with Gasteiger partial charge in [-0.3, -0.25) is 4.57 Å². The van der Waals surface area contributed by atoms with Crippen LogP contribution in [0.4, 0.5) is 23.0 Å². The average Bonchev–Trinajstić information content (AvgIpc) is 3.74. The Morgan fingerprint density at radius 2 is 1.22 bits per heavy atom. The minimum Gasteiger partial charge on any atom is -0.457 e.